The second-order valence-electron chi connectivity index (χ2n) is 5.31. The predicted molar refractivity (Wildman–Crippen MR) is 93.5 cm³/mol. The average molecular weight is 332 g/mol. The lowest BCUT2D eigenvalue weighted by molar-refractivity contribution is -0.116. The van der Waals surface area contributed by atoms with Crippen molar-refractivity contribution in [2.24, 2.45) is 0 Å². The molecular weight excluding hydrogens is 316 g/mol. The molecule has 0 unspecified atom stereocenters. The molecule has 1 aromatic carbocycles. The van der Waals surface area contributed by atoms with E-state index >= 15 is 0 Å². The lowest BCUT2D eigenvalue weighted by Crippen LogP contribution is -2.20. The Hall–Kier alpha value is -3.54. The molecule has 0 aliphatic rings. The summed E-state index contributed by atoms with van der Waals surface area (Å²) in [7, 11) is 0. The third kappa shape index (κ3) is 4.48. The van der Waals surface area contributed by atoms with Crippen LogP contribution in [-0.4, -0.2) is 26.3 Å². The highest BCUT2D eigenvalue weighted by molar-refractivity contribution is 5.95. The molecule has 0 aliphatic heterocycles. The molecule has 0 spiro atoms. The number of aromatic nitrogens is 3. The normalized spacial score (nSPS) is 10.7. The van der Waals surface area contributed by atoms with Crippen LogP contribution >= 0.6 is 0 Å². The maximum atomic E-state index is 12.1. The van der Waals surface area contributed by atoms with Gasteiger partial charge in [-0.15, -0.1) is 0 Å². The largest absolute Gasteiger partial charge is 0.348 e. The van der Waals surface area contributed by atoms with Crippen LogP contribution in [0, 0.1) is 0 Å². The number of benzene rings is 1. The molecule has 0 bridgehead atoms. The van der Waals surface area contributed by atoms with E-state index in [1.165, 1.54) is 17.0 Å². The van der Waals surface area contributed by atoms with Gasteiger partial charge >= 0.3 is 0 Å². The first-order valence-electron chi connectivity index (χ1n) is 7.70. The molecule has 2 heterocycles. The zero-order valence-electron chi connectivity index (χ0n) is 13.4. The highest BCUT2D eigenvalue weighted by Crippen LogP contribution is 2.07. The van der Waals surface area contributed by atoms with Crippen LogP contribution < -0.4 is 5.32 Å². The second-order valence-corrected chi connectivity index (χ2v) is 5.31. The minimum Gasteiger partial charge on any atom is -0.348 e. The van der Waals surface area contributed by atoms with E-state index in [2.05, 4.69) is 15.3 Å². The van der Waals surface area contributed by atoms with Gasteiger partial charge in [-0.25, -0.2) is 4.98 Å². The second kappa shape index (κ2) is 7.83. The highest BCUT2D eigenvalue weighted by Gasteiger charge is 2.07. The summed E-state index contributed by atoms with van der Waals surface area (Å²) in [5.74, 6) is -0.338. The predicted octanol–water partition coefficient (Wildman–Crippen LogP) is 2.30. The van der Waals surface area contributed by atoms with Crippen LogP contribution in [0.25, 0.3) is 6.08 Å². The van der Waals surface area contributed by atoms with Gasteiger partial charge in [0.15, 0.2) is 0 Å². The Balaban J connectivity index is 1.54. The Morgan fingerprint density at radius 3 is 2.60 bits per heavy atom. The topological polar surface area (TPSA) is 76.9 Å². The SMILES string of the molecule is O=C(C=Cc1cccnc1)NCc1ccc(C(=O)n2ccnc2)cc1. The van der Waals surface area contributed by atoms with E-state index in [9.17, 15) is 9.59 Å². The van der Waals surface area contributed by atoms with Crippen molar-refractivity contribution in [3.05, 3.63) is 90.3 Å². The first-order valence-corrected chi connectivity index (χ1v) is 7.70. The van der Waals surface area contributed by atoms with Gasteiger partial charge in [0.25, 0.3) is 5.91 Å². The third-order valence-corrected chi connectivity index (χ3v) is 3.52. The Morgan fingerprint density at radius 2 is 1.92 bits per heavy atom. The lowest BCUT2D eigenvalue weighted by atomic mass is 10.1. The molecule has 2 aromatic heterocycles. The minimum atomic E-state index is -0.192. The maximum absolute atomic E-state index is 12.1. The Labute approximate surface area is 144 Å². The van der Waals surface area contributed by atoms with E-state index in [1.807, 2.05) is 24.3 Å². The number of nitrogens with zero attached hydrogens (tertiary/aromatic N) is 3. The first kappa shape index (κ1) is 16.3. The molecule has 6 nitrogen and oxygen atoms in total. The Kier molecular flexibility index (Phi) is 5.11. The first-order chi connectivity index (χ1) is 12.2. The monoisotopic (exact) mass is 332 g/mol. The van der Waals surface area contributed by atoms with Crippen molar-refractivity contribution in [2.75, 3.05) is 0 Å². The molecule has 124 valence electrons. The zero-order chi connectivity index (χ0) is 17.5. The molecule has 0 aliphatic carbocycles. The minimum absolute atomic E-state index is 0.146. The molecule has 0 atom stereocenters. The lowest BCUT2D eigenvalue weighted by Gasteiger charge is -2.05. The van der Waals surface area contributed by atoms with Gasteiger partial charge in [-0.05, 0) is 35.4 Å². The van der Waals surface area contributed by atoms with Crippen LogP contribution in [-0.2, 0) is 11.3 Å². The van der Waals surface area contributed by atoms with Gasteiger partial charge in [-0.2, -0.15) is 0 Å². The summed E-state index contributed by atoms with van der Waals surface area (Å²) in [5, 5.41) is 2.80. The third-order valence-electron chi connectivity index (χ3n) is 3.52. The average Bonchev–Trinajstić information content (AvgIpc) is 3.20. The number of carbonyl (C=O) groups excluding carboxylic acids is 2. The fraction of sp³-hybridized carbons (Fsp3) is 0.0526. The van der Waals surface area contributed by atoms with Crippen molar-refractivity contribution >= 4 is 17.9 Å². The number of imidazole rings is 1. The van der Waals surface area contributed by atoms with Crippen LogP contribution in [0.2, 0.25) is 0 Å². The van der Waals surface area contributed by atoms with E-state index in [0.717, 1.165) is 11.1 Å². The summed E-state index contributed by atoms with van der Waals surface area (Å²) in [5.41, 5.74) is 2.33. The van der Waals surface area contributed by atoms with Crippen molar-refractivity contribution in [1.29, 1.82) is 0 Å². The molecule has 0 radical (unpaired) electrons. The Morgan fingerprint density at radius 1 is 1.08 bits per heavy atom. The van der Waals surface area contributed by atoms with Crippen molar-refractivity contribution in [3.8, 4) is 0 Å². The van der Waals surface area contributed by atoms with E-state index in [4.69, 9.17) is 0 Å². The maximum Gasteiger partial charge on any atom is 0.263 e. The number of amides is 1. The van der Waals surface area contributed by atoms with Crippen molar-refractivity contribution in [3.63, 3.8) is 0 Å². The summed E-state index contributed by atoms with van der Waals surface area (Å²) >= 11 is 0. The van der Waals surface area contributed by atoms with E-state index in [0.29, 0.717) is 12.1 Å². The summed E-state index contributed by atoms with van der Waals surface area (Å²) in [6.45, 7) is 0.385. The quantitative estimate of drug-likeness (QED) is 0.727. The van der Waals surface area contributed by atoms with Crippen LogP contribution in [0.3, 0.4) is 0 Å². The fourth-order valence-corrected chi connectivity index (χ4v) is 2.19. The van der Waals surface area contributed by atoms with Gasteiger partial charge in [-0.1, -0.05) is 18.2 Å². The molecule has 25 heavy (non-hydrogen) atoms. The van der Waals surface area contributed by atoms with E-state index in [-0.39, 0.29) is 11.8 Å². The number of nitrogens with one attached hydrogen (secondary N) is 1. The van der Waals surface area contributed by atoms with E-state index in [1.54, 1.807) is 43.0 Å². The number of hydrogen-bond acceptors (Lipinski definition) is 4. The van der Waals surface area contributed by atoms with Gasteiger partial charge in [0.1, 0.15) is 6.33 Å². The molecule has 1 amide bonds. The molecular formula is C19H16N4O2. The van der Waals surface area contributed by atoms with Crippen LogP contribution in [0.15, 0.2) is 73.6 Å². The summed E-state index contributed by atoms with van der Waals surface area (Å²) in [6.07, 6.45) is 11.2. The number of carbonyl (C=O) groups is 2. The zero-order valence-corrected chi connectivity index (χ0v) is 13.4. The van der Waals surface area contributed by atoms with Crippen LogP contribution in [0.1, 0.15) is 21.5 Å². The molecule has 1 N–H and O–H groups in total. The van der Waals surface area contributed by atoms with Crippen LogP contribution in [0.4, 0.5) is 0 Å². The van der Waals surface area contributed by atoms with Gasteiger partial charge < -0.3 is 5.32 Å². The molecule has 0 saturated carbocycles. The molecule has 3 rings (SSSR count). The molecule has 0 fully saturated rings. The number of pyridine rings is 1. The standard InChI is InChI=1S/C19H16N4O2/c24-18(8-5-15-2-1-9-20-12-15)22-13-16-3-6-17(7-4-16)19(25)23-11-10-21-14-23/h1-12,14H,13H2,(H,22,24). The summed E-state index contributed by atoms with van der Waals surface area (Å²) in [6, 6.07) is 10.8. The van der Waals surface area contributed by atoms with Gasteiger partial charge in [0.2, 0.25) is 5.91 Å². The van der Waals surface area contributed by atoms with Crippen molar-refractivity contribution in [1.82, 2.24) is 19.9 Å². The van der Waals surface area contributed by atoms with Crippen molar-refractivity contribution < 1.29 is 9.59 Å². The molecule has 6 heteroatoms. The molecule has 0 saturated heterocycles. The fourth-order valence-electron chi connectivity index (χ4n) is 2.19. The van der Waals surface area contributed by atoms with Gasteiger partial charge in [0, 0.05) is 43.0 Å². The number of hydrogen-bond donors (Lipinski definition) is 1. The van der Waals surface area contributed by atoms with Crippen molar-refractivity contribution in [2.45, 2.75) is 6.54 Å². The van der Waals surface area contributed by atoms with E-state index < -0.39 is 0 Å². The van der Waals surface area contributed by atoms with Gasteiger partial charge in [0.05, 0.1) is 0 Å². The number of rotatable bonds is 5. The highest BCUT2D eigenvalue weighted by atomic mass is 16.2. The Bertz CT molecular complexity index is 870. The summed E-state index contributed by atoms with van der Waals surface area (Å²) in [4.78, 5) is 31.8. The summed E-state index contributed by atoms with van der Waals surface area (Å²) < 4.78 is 1.42. The smallest absolute Gasteiger partial charge is 0.263 e. The molecule has 3 aromatic rings. The van der Waals surface area contributed by atoms with Gasteiger partial charge in [-0.3, -0.25) is 19.1 Å². The van der Waals surface area contributed by atoms with Crippen LogP contribution in [0.5, 0.6) is 0 Å².